The molecule has 2 aromatic rings. The second-order valence-corrected chi connectivity index (χ2v) is 5.48. The molecule has 0 aliphatic carbocycles. The number of nitrogens with one attached hydrogen (secondary N) is 2. The standard InChI is InChI=1S/C17H21N3O3/c1-12-14(16(22)20(2)17(23)19-12)8-9-15(21)18-11-10-13-6-4-3-5-7-13/h3-7H,8-11H2,1-2H3,(H,18,21)(H,19,23). The van der Waals surface area contributed by atoms with E-state index < -0.39 is 5.69 Å². The highest BCUT2D eigenvalue weighted by Crippen LogP contribution is 2.01. The molecular formula is C17H21N3O3. The normalized spacial score (nSPS) is 10.5. The van der Waals surface area contributed by atoms with Crippen molar-refractivity contribution in [1.29, 1.82) is 0 Å². The minimum Gasteiger partial charge on any atom is -0.356 e. The van der Waals surface area contributed by atoms with Crippen LogP contribution in [-0.2, 0) is 24.7 Å². The Balaban J connectivity index is 1.87. The third-order valence-electron chi connectivity index (χ3n) is 3.80. The summed E-state index contributed by atoms with van der Waals surface area (Å²) in [6, 6.07) is 9.91. The molecule has 0 saturated carbocycles. The summed E-state index contributed by atoms with van der Waals surface area (Å²) in [5.74, 6) is -0.103. The lowest BCUT2D eigenvalue weighted by atomic mass is 10.1. The summed E-state index contributed by atoms with van der Waals surface area (Å²) in [4.78, 5) is 38.0. The first-order chi connectivity index (χ1) is 11.0. The van der Waals surface area contributed by atoms with Crippen LogP contribution in [0.2, 0.25) is 0 Å². The van der Waals surface area contributed by atoms with E-state index in [1.54, 1.807) is 6.92 Å². The van der Waals surface area contributed by atoms with Crippen LogP contribution in [0.15, 0.2) is 39.9 Å². The van der Waals surface area contributed by atoms with Crippen molar-refractivity contribution in [1.82, 2.24) is 14.9 Å². The summed E-state index contributed by atoms with van der Waals surface area (Å²) in [6.07, 6.45) is 1.30. The molecule has 2 N–H and O–H groups in total. The fourth-order valence-electron chi connectivity index (χ4n) is 2.39. The van der Waals surface area contributed by atoms with E-state index in [2.05, 4.69) is 10.3 Å². The Morgan fingerprint density at radius 2 is 1.87 bits per heavy atom. The zero-order valence-electron chi connectivity index (χ0n) is 13.4. The number of aromatic nitrogens is 2. The molecule has 0 fully saturated rings. The van der Waals surface area contributed by atoms with Gasteiger partial charge >= 0.3 is 5.69 Å². The van der Waals surface area contributed by atoms with Crippen LogP contribution in [0.3, 0.4) is 0 Å². The number of aromatic amines is 1. The lowest BCUT2D eigenvalue weighted by molar-refractivity contribution is -0.121. The summed E-state index contributed by atoms with van der Waals surface area (Å²) in [5.41, 5.74) is 1.38. The highest BCUT2D eigenvalue weighted by atomic mass is 16.2. The first-order valence-electron chi connectivity index (χ1n) is 7.58. The van der Waals surface area contributed by atoms with Gasteiger partial charge in [0.05, 0.1) is 0 Å². The summed E-state index contributed by atoms with van der Waals surface area (Å²) in [5, 5.41) is 2.85. The van der Waals surface area contributed by atoms with E-state index in [1.165, 1.54) is 7.05 Å². The average Bonchev–Trinajstić information content (AvgIpc) is 2.53. The molecule has 0 spiro atoms. The van der Waals surface area contributed by atoms with Gasteiger partial charge in [0, 0.05) is 31.3 Å². The molecular weight excluding hydrogens is 294 g/mol. The van der Waals surface area contributed by atoms with E-state index in [1.807, 2.05) is 30.3 Å². The van der Waals surface area contributed by atoms with Gasteiger partial charge in [-0.2, -0.15) is 0 Å². The van der Waals surface area contributed by atoms with E-state index in [0.29, 0.717) is 24.2 Å². The topological polar surface area (TPSA) is 84.0 Å². The van der Waals surface area contributed by atoms with E-state index in [-0.39, 0.29) is 17.9 Å². The molecule has 0 unspecified atom stereocenters. The van der Waals surface area contributed by atoms with Crippen LogP contribution in [0.25, 0.3) is 0 Å². The van der Waals surface area contributed by atoms with E-state index in [9.17, 15) is 14.4 Å². The smallest absolute Gasteiger partial charge is 0.328 e. The molecule has 6 heteroatoms. The maximum absolute atomic E-state index is 12.0. The number of hydrogen-bond acceptors (Lipinski definition) is 3. The SMILES string of the molecule is Cc1[nH]c(=O)n(C)c(=O)c1CCC(=O)NCCc1ccccc1. The van der Waals surface area contributed by atoms with Crippen LogP contribution in [-0.4, -0.2) is 22.0 Å². The predicted molar refractivity (Wildman–Crippen MR) is 88.5 cm³/mol. The van der Waals surface area contributed by atoms with Crippen molar-refractivity contribution in [3.8, 4) is 0 Å². The molecule has 1 aromatic carbocycles. The molecule has 23 heavy (non-hydrogen) atoms. The Morgan fingerprint density at radius 3 is 2.57 bits per heavy atom. The molecule has 1 heterocycles. The van der Waals surface area contributed by atoms with Crippen LogP contribution in [0.1, 0.15) is 23.2 Å². The van der Waals surface area contributed by atoms with Gasteiger partial charge in [-0.1, -0.05) is 30.3 Å². The first kappa shape index (κ1) is 16.7. The average molecular weight is 315 g/mol. The Kier molecular flexibility index (Phi) is 5.51. The van der Waals surface area contributed by atoms with Gasteiger partial charge in [-0.15, -0.1) is 0 Å². The molecule has 0 aliphatic rings. The van der Waals surface area contributed by atoms with Gasteiger partial charge in [0.2, 0.25) is 5.91 Å². The van der Waals surface area contributed by atoms with Crippen molar-refractivity contribution < 1.29 is 4.79 Å². The quantitative estimate of drug-likeness (QED) is 0.822. The third kappa shape index (κ3) is 4.42. The number of hydrogen-bond donors (Lipinski definition) is 2. The number of nitrogens with zero attached hydrogens (tertiary/aromatic N) is 1. The maximum Gasteiger partial charge on any atom is 0.328 e. The summed E-state index contributed by atoms with van der Waals surface area (Å²) >= 11 is 0. The molecule has 122 valence electrons. The van der Waals surface area contributed by atoms with Gasteiger partial charge in [0.15, 0.2) is 0 Å². The van der Waals surface area contributed by atoms with Crippen LogP contribution < -0.4 is 16.6 Å². The number of aryl methyl sites for hydroxylation is 1. The van der Waals surface area contributed by atoms with Crippen LogP contribution >= 0.6 is 0 Å². The van der Waals surface area contributed by atoms with Gasteiger partial charge in [0.25, 0.3) is 5.56 Å². The molecule has 0 bridgehead atoms. The van der Waals surface area contributed by atoms with Gasteiger partial charge in [0.1, 0.15) is 0 Å². The lowest BCUT2D eigenvalue weighted by Gasteiger charge is -2.08. The van der Waals surface area contributed by atoms with Crippen LogP contribution in [0.4, 0.5) is 0 Å². The van der Waals surface area contributed by atoms with Gasteiger partial charge < -0.3 is 10.3 Å². The Morgan fingerprint density at radius 1 is 1.17 bits per heavy atom. The predicted octanol–water partition coefficient (Wildman–Crippen LogP) is 0.674. The number of rotatable bonds is 6. The lowest BCUT2D eigenvalue weighted by Crippen LogP contribution is -2.36. The van der Waals surface area contributed by atoms with Crippen molar-refractivity contribution >= 4 is 5.91 Å². The van der Waals surface area contributed by atoms with E-state index >= 15 is 0 Å². The maximum atomic E-state index is 12.0. The summed E-state index contributed by atoms with van der Waals surface area (Å²) in [6.45, 7) is 2.23. The fraction of sp³-hybridized carbons (Fsp3) is 0.353. The molecule has 0 atom stereocenters. The number of carbonyl (C=O) groups excluding carboxylic acids is 1. The Labute approximate surface area is 134 Å². The van der Waals surface area contributed by atoms with Crippen molar-refractivity contribution in [3.63, 3.8) is 0 Å². The monoisotopic (exact) mass is 315 g/mol. The van der Waals surface area contributed by atoms with Crippen molar-refractivity contribution in [2.24, 2.45) is 7.05 Å². The van der Waals surface area contributed by atoms with Crippen LogP contribution in [0.5, 0.6) is 0 Å². The zero-order chi connectivity index (χ0) is 16.8. The van der Waals surface area contributed by atoms with Crippen molar-refractivity contribution in [3.05, 3.63) is 68.0 Å². The first-order valence-corrected chi connectivity index (χ1v) is 7.58. The summed E-state index contributed by atoms with van der Waals surface area (Å²) < 4.78 is 1.02. The minimum absolute atomic E-state index is 0.103. The molecule has 1 amide bonds. The molecule has 6 nitrogen and oxygen atoms in total. The number of benzene rings is 1. The van der Waals surface area contributed by atoms with E-state index in [4.69, 9.17) is 0 Å². The minimum atomic E-state index is -0.441. The van der Waals surface area contributed by atoms with Gasteiger partial charge in [-0.25, -0.2) is 4.79 Å². The van der Waals surface area contributed by atoms with Crippen molar-refractivity contribution in [2.75, 3.05) is 6.54 Å². The summed E-state index contributed by atoms with van der Waals surface area (Å²) in [7, 11) is 1.42. The highest BCUT2D eigenvalue weighted by molar-refractivity contribution is 5.76. The zero-order valence-corrected chi connectivity index (χ0v) is 13.4. The Hall–Kier alpha value is -2.63. The number of amides is 1. The Bertz CT molecular complexity index is 791. The van der Waals surface area contributed by atoms with Gasteiger partial charge in [-0.05, 0) is 25.3 Å². The number of carbonyl (C=O) groups is 1. The molecule has 2 rings (SSSR count). The third-order valence-corrected chi connectivity index (χ3v) is 3.80. The fourth-order valence-corrected chi connectivity index (χ4v) is 2.39. The second kappa shape index (κ2) is 7.58. The largest absolute Gasteiger partial charge is 0.356 e. The molecule has 1 aromatic heterocycles. The van der Waals surface area contributed by atoms with Crippen LogP contribution in [0, 0.1) is 6.92 Å². The second-order valence-electron chi connectivity index (χ2n) is 5.48. The van der Waals surface area contributed by atoms with Crippen molar-refractivity contribution in [2.45, 2.75) is 26.2 Å². The van der Waals surface area contributed by atoms with E-state index in [0.717, 1.165) is 16.6 Å². The molecule has 0 saturated heterocycles. The molecule has 0 radical (unpaired) electrons. The molecule has 0 aliphatic heterocycles. The van der Waals surface area contributed by atoms with Gasteiger partial charge in [-0.3, -0.25) is 14.2 Å². The highest BCUT2D eigenvalue weighted by Gasteiger charge is 2.11. The number of H-pyrrole nitrogens is 1.